The van der Waals surface area contributed by atoms with Crippen molar-refractivity contribution in [1.82, 2.24) is 0 Å². The van der Waals surface area contributed by atoms with Crippen LogP contribution < -0.4 is 0 Å². The van der Waals surface area contributed by atoms with Crippen LogP contribution in [0, 0.1) is 0 Å². The Morgan fingerprint density at radius 2 is 1.67 bits per heavy atom. The first kappa shape index (κ1) is 9.64. The summed E-state index contributed by atoms with van der Waals surface area (Å²) >= 11 is 0. The second-order valence-electron chi connectivity index (χ2n) is 0.371. The molecule has 0 aliphatic heterocycles. The van der Waals surface area contributed by atoms with Crippen LogP contribution in [-0.4, -0.2) is 7.11 Å². The van der Waals surface area contributed by atoms with Crippen molar-refractivity contribution in [1.29, 1.82) is 0 Å². The van der Waals surface area contributed by atoms with Crippen LogP contribution in [0.3, 0.4) is 0 Å². The van der Waals surface area contributed by atoms with Crippen molar-refractivity contribution in [3.8, 4) is 0 Å². The molecule has 5 heteroatoms. The molecular weight excluding hydrogens is 151 g/mol. The largest absolute Gasteiger partial charge is 0.427 e. The van der Waals surface area contributed by atoms with E-state index in [0.717, 1.165) is 7.11 Å². The molecule has 0 saturated heterocycles. The average Bonchev–Trinajstić information content (AvgIpc) is 1.38. The third kappa shape index (κ3) is 8.83. The number of hydrogen-bond acceptors (Lipinski definition) is 4. The van der Waals surface area contributed by atoms with Gasteiger partial charge in [0.1, 0.15) is 0 Å². The van der Waals surface area contributed by atoms with Gasteiger partial charge in [-0.05, 0) is 0 Å². The second-order valence-corrected chi connectivity index (χ2v) is 1.11. The summed E-state index contributed by atoms with van der Waals surface area (Å²) in [6.45, 7) is 0. The quantitative estimate of drug-likeness (QED) is 0.389. The van der Waals surface area contributed by atoms with Gasteiger partial charge in [0, 0.05) is 23.6 Å². The second kappa shape index (κ2) is 5.40. The molecule has 3 nitrogen and oxygen atoms in total. The molecular formula is CH3NiO3S-. The standard InChI is InChI=1S/CH3O3S.Ni/c1-4-5(2)3;/h1H3;/q-1;. The van der Waals surface area contributed by atoms with Crippen LogP contribution in [0.5, 0.6) is 0 Å². The van der Waals surface area contributed by atoms with E-state index < -0.39 is 11.0 Å². The summed E-state index contributed by atoms with van der Waals surface area (Å²) in [6, 6.07) is 0. The third-order valence-corrected chi connectivity index (χ3v) is 0.408. The Morgan fingerprint density at radius 1 is 1.50 bits per heavy atom. The van der Waals surface area contributed by atoms with Gasteiger partial charge in [0.2, 0.25) is 0 Å². The van der Waals surface area contributed by atoms with Crippen molar-refractivity contribution in [2.24, 2.45) is 0 Å². The average molecular weight is 154 g/mol. The Balaban J connectivity index is 0. The van der Waals surface area contributed by atoms with Crippen molar-refractivity contribution in [3.63, 3.8) is 0 Å². The number of rotatable bonds is 1. The fourth-order valence-electron chi connectivity index (χ4n) is 0. The summed E-state index contributed by atoms with van der Waals surface area (Å²) < 4.78 is 22.0. The van der Waals surface area contributed by atoms with Gasteiger partial charge in [-0.3, -0.25) is 0 Å². The van der Waals surface area contributed by atoms with E-state index in [1.54, 1.807) is 0 Å². The smallest absolute Gasteiger partial charge is 0.0518 e. The molecule has 0 aromatic carbocycles. The monoisotopic (exact) mass is 153 g/mol. The van der Waals surface area contributed by atoms with Crippen LogP contribution in [0.1, 0.15) is 0 Å². The van der Waals surface area contributed by atoms with Crippen LogP contribution in [0.2, 0.25) is 0 Å². The summed E-state index contributed by atoms with van der Waals surface area (Å²) in [7, 11) is -1.24. The van der Waals surface area contributed by atoms with Crippen molar-refractivity contribution in [3.05, 3.63) is 0 Å². The molecule has 0 heterocycles. The molecule has 0 N–H and O–H groups in total. The van der Waals surface area contributed by atoms with Crippen molar-refractivity contribution in [2.75, 3.05) is 7.11 Å². The molecule has 0 aliphatic rings. The molecule has 6 heavy (non-hydrogen) atoms. The van der Waals surface area contributed by atoms with E-state index >= 15 is 0 Å². The maximum Gasteiger partial charge on any atom is 0.0518 e. The first-order valence-corrected chi connectivity index (χ1v) is 1.91. The Morgan fingerprint density at radius 3 is 1.67 bits per heavy atom. The topological polar surface area (TPSA) is 43.4 Å². The van der Waals surface area contributed by atoms with Crippen LogP contribution in [0.15, 0.2) is 0 Å². The summed E-state index contributed by atoms with van der Waals surface area (Å²) in [6.07, 6.45) is 0. The zero-order chi connectivity index (χ0) is 4.28. The van der Waals surface area contributed by atoms with Crippen LogP contribution >= 0.6 is 0 Å². The summed E-state index contributed by atoms with van der Waals surface area (Å²) in [5.41, 5.74) is 0. The molecule has 0 atom stereocenters. The zero-order valence-corrected chi connectivity index (χ0v) is 4.75. The van der Waals surface area contributed by atoms with Gasteiger partial charge in [0.25, 0.3) is 0 Å². The van der Waals surface area contributed by atoms with E-state index in [2.05, 4.69) is 4.18 Å². The molecule has 0 aromatic rings. The fourth-order valence-corrected chi connectivity index (χ4v) is 0. The van der Waals surface area contributed by atoms with Crippen LogP contribution in [-0.2, 0) is 40.1 Å². The van der Waals surface area contributed by atoms with Gasteiger partial charge in [0.05, 0.1) is 11.0 Å². The van der Waals surface area contributed by atoms with Crippen LogP contribution in [0.4, 0.5) is 0 Å². The Bertz CT molecular complexity index is 68.9. The minimum atomic E-state index is -2.32. The minimum Gasteiger partial charge on any atom is -0.427 e. The normalized spacial score (nSPS) is 7.67. The molecule has 0 unspecified atom stereocenters. The SMILES string of the molecule is CO[S-](=O)=O.[Ni]. The van der Waals surface area contributed by atoms with Gasteiger partial charge in [-0.15, -0.1) is 0 Å². The Hall–Kier alpha value is 0.404. The van der Waals surface area contributed by atoms with Gasteiger partial charge < -0.3 is 12.6 Å². The minimum absolute atomic E-state index is 0. The van der Waals surface area contributed by atoms with E-state index in [9.17, 15) is 0 Å². The molecule has 0 saturated carbocycles. The van der Waals surface area contributed by atoms with E-state index in [1.807, 2.05) is 0 Å². The van der Waals surface area contributed by atoms with Crippen molar-refractivity contribution in [2.45, 2.75) is 0 Å². The molecule has 0 aromatic heterocycles. The zero-order valence-electron chi connectivity index (χ0n) is 2.95. The van der Waals surface area contributed by atoms with Crippen LogP contribution in [0.25, 0.3) is 0 Å². The molecule has 0 rings (SSSR count). The molecule has 0 amide bonds. The predicted molar refractivity (Wildman–Crippen MR) is 15.7 cm³/mol. The van der Waals surface area contributed by atoms with Gasteiger partial charge >= 0.3 is 0 Å². The Kier molecular flexibility index (Phi) is 8.68. The molecule has 42 valence electrons. The van der Waals surface area contributed by atoms with E-state index in [0.29, 0.717) is 0 Å². The summed E-state index contributed by atoms with van der Waals surface area (Å²) in [5, 5.41) is 0. The Labute approximate surface area is 47.8 Å². The van der Waals surface area contributed by atoms with Gasteiger partial charge in [-0.2, -0.15) is 0 Å². The van der Waals surface area contributed by atoms with Gasteiger partial charge in [-0.25, -0.2) is 0 Å². The van der Waals surface area contributed by atoms with E-state index in [-0.39, 0.29) is 16.5 Å². The fraction of sp³-hybridized carbons (Fsp3) is 1.00. The van der Waals surface area contributed by atoms with E-state index in [4.69, 9.17) is 8.42 Å². The maximum absolute atomic E-state index is 9.15. The maximum atomic E-state index is 9.15. The van der Waals surface area contributed by atoms with Crippen molar-refractivity contribution < 1.29 is 29.1 Å². The molecule has 0 fully saturated rings. The van der Waals surface area contributed by atoms with Gasteiger partial charge in [-0.1, -0.05) is 0 Å². The first-order chi connectivity index (χ1) is 2.27. The predicted octanol–water partition coefficient (Wildman–Crippen LogP) is -0.145. The molecule has 0 radical (unpaired) electrons. The summed E-state index contributed by atoms with van der Waals surface area (Å²) in [5.74, 6) is 0. The molecule has 0 spiro atoms. The van der Waals surface area contributed by atoms with E-state index in [1.165, 1.54) is 0 Å². The summed E-state index contributed by atoms with van der Waals surface area (Å²) in [4.78, 5) is 0. The number of hydrogen-bond donors (Lipinski definition) is 0. The molecule has 0 bridgehead atoms. The van der Waals surface area contributed by atoms with Gasteiger partial charge in [0.15, 0.2) is 0 Å². The molecule has 0 aliphatic carbocycles. The third-order valence-electron chi connectivity index (χ3n) is 0.136. The van der Waals surface area contributed by atoms with Crippen molar-refractivity contribution >= 4 is 11.0 Å². The first-order valence-electron chi connectivity index (χ1n) is 0.908.